The number of carbonyl (C=O) groups excluding carboxylic acids is 1. The number of hydrogen-bond donors (Lipinski definition) is 2. The number of carbonyl (C=O) groups is 1. The van der Waals surface area contributed by atoms with Crippen molar-refractivity contribution >= 4 is 23.1 Å². The summed E-state index contributed by atoms with van der Waals surface area (Å²) in [6.45, 7) is 1.80. The average molecular weight is 213 g/mol. The molecular weight excluding hydrogens is 200 g/mol. The van der Waals surface area contributed by atoms with Crippen LogP contribution < -0.4 is 11.1 Å². The van der Waals surface area contributed by atoms with E-state index in [0.717, 1.165) is 0 Å². The summed E-state index contributed by atoms with van der Waals surface area (Å²) in [6.07, 6.45) is 0. The average Bonchev–Trinajstić information content (AvgIpc) is 2.20. The van der Waals surface area contributed by atoms with Crippen molar-refractivity contribution in [3.8, 4) is 0 Å². The zero-order valence-corrected chi connectivity index (χ0v) is 8.93. The molecule has 0 spiro atoms. The lowest BCUT2D eigenvalue weighted by Gasteiger charge is -2.09. The largest absolute Gasteiger partial charge is 0.398 e. The van der Waals surface area contributed by atoms with E-state index < -0.39 is 0 Å². The quantitative estimate of drug-likeness (QED) is 0.593. The molecule has 1 aromatic rings. The second-order valence-electron chi connectivity index (χ2n) is 3.11. The van der Waals surface area contributed by atoms with Gasteiger partial charge in [0, 0.05) is 5.56 Å². The lowest BCUT2D eigenvalue weighted by molar-refractivity contribution is 0.0955. The second kappa shape index (κ2) is 4.44. The first-order valence-electron chi connectivity index (χ1n) is 4.32. The highest BCUT2D eigenvalue weighted by Gasteiger charge is 2.13. The molecule has 0 aromatic heterocycles. The van der Waals surface area contributed by atoms with Gasteiger partial charge >= 0.3 is 0 Å². The van der Waals surface area contributed by atoms with Crippen LogP contribution in [0.5, 0.6) is 0 Å². The van der Waals surface area contributed by atoms with Gasteiger partial charge in [0.15, 0.2) is 5.78 Å². The third-order valence-corrected chi connectivity index (χ3v) is 2.44. The van der Waals surface area contributed by atoms with E-state index in [2.05, 4.69) is 5.32 Å². The van der Waals surface area contributed by atoms with Crippen LogP contribution in [0.3, 0.4) is 0 Å². The van der Waals surface area contributed by atoms with E-state index >= 15 is 0 Å². The molecule has 0 radical (unpaired) electrons. The normalized spacial score (nSPS) is 12.5. The topological polar surface area (TPSA) is 55.1 Å². The Balaban J connectivity index is 2.97. The molecule has 0 amide bonds. The second-order valence-corrected chi connectivity index (χ2v) is 3.52. The Bertz CT molecular complexity index is 352. The lowest BCUT2D eigenvalue weighted by Crippen LogP contribution is -2.30. The van der Waals surface area contributed by atoms with Gasteiger partial charge in [-0.25, -0.2) is 0 Å². The van der Waals surface area contributed by atoms with E-state index in [1.165, 1.54) is 0 Å². The molecule has 4 heteroatoms. The number of nitrogen functional groups attached to an aromatic ring is 1. The molecule has 0 bridgehead atoms. The van der Waals surface area contributed by atoms with Crippen LogP contribution in [0, 0.1) is 0 Å². The fraction of sp³-hybridized carbons (Fsp3) is 0.300. The summed E-state index contributed by atoms with van der Waals surface area (Å²) in [5.74, 6) is 0.00870. The highest BCUT2D eigenvalue weighted by molar-refractivity contribution is 6.33. The fourth-order valence-corrected chi connectivity index (χ4v) is 1.24. The van der Waals surface area contributed by atoms with Crippen molar-refractivity contribution in [2.45, 2.75) is 13.0 Å². The predicted octanol–water partition coefficient (Wildman–Crippen LogP) is 1.71. The molecule has 0 aliphatic carbocycles. The van der Waals surface area contributed by atoms with Gasteiger partial charge in [-0.2, -0.15) is 0 Å². The molecule has 3 nitrogen and oxygen atoms in total. The van der Waals surface area contributed by atoms with Crippen molar-refractivity contribution < 1.29 is 4.79 Å². The minimum absolute atomic E-state index is 0.00870. The van der Waals surface area contributed by atoms with Crippen molar-refractivity contribution in [1.29, 1.82) is 0 Å². The molecule has 76 valence electrons. The van der Waals surface area contributed by atoms with Crippen LogP contribution in [0.1, 0.15) is 17.3 Å². The number of ketones is 1. The molecule has 0 heterocycles. The van der Waals surface area contributed by atoms with Crippen LogP contribution in [-0.4, -0.2) is 18.9 Å². The number of hydrogen-bond acceptors (Lipinski definition) is 3. The number of Topliss-reactive ketones (excluding diaryl/α,β-unsaturated/α-hetero) is 1. The SMILES string of the molecule is CNC(C)C(=O)c1ccc(N)c(Cl)c1. The molecule has 0 saturated heterocycles. The summed E-state index contributed by atoms with van der Waals surface area (Å²) in [6, 6.07) is 4.69. The zero-order valence-electron chi connectivity index (χ0n) is 8.17. The molecular formula is C10H13ClN2O. The Hall–Kier alpha value is -1.06. The summed E-state index contributed by atoms with van der Waals surface area (Å²) in [5.41, 5.74) is 6.60. The number of nitrogens with one attached hydrogen (secondary N) is 1. The minimum atomic E-state index is -0.213. The summed E-state index contributed by atoms with van der Waals surface area (Å²) < 4.78 is 0. The maximum Gasteiger partial charge on any atom is 0.179 e. The van der Waals surface area contributed by atoms with Crippen LogP contribution in [-0.2, 0) is 0 Å². The molecule has 1 atom stereocenters. The van der Waals surface area contributed by atoms with Gasteiger partial charge in [-0.05, 0) is 32.2 Å². The highest BCUT2D eigenvalue weighted by atomic mass is 35.5. The van der Waals surface area contributed by atoms with Crippen LogP contribution in [0.25, 0.3) is 0 Å². The number of halogens is 1. The maximum absolute atomic E-state index is 11.7. The van der Waals surface area contributed by atoms with E-state index in [4.69, 9.17) is 17.3 Å². The summed E-state index contributed by atoms with van der Waals surface area (Å²) in [4.78, 5) is 11.7. The first-order valence-corrected chi connectivity index (χ1v) is 4.70. The number of rotatable bonds is 3. The van der Waals surface area contributed by atoms with Crippen molar-refractivity contribution in [2.75, 3.05) is 12.8 Å². The van der Waals surface area contributed by atoms with Crippen LogP contribution in [0.4, 0.5) is 5.69 Å². The third kappa shape index (κ3) is 2.25. The fourth-order valence-electron chi connectivity index (χ4n) is 1.06. The van der Waals surface area contributed by atoms with Gasteiger partial charge in [0.25, 0.3) is 0 Å². The Morgan fingerprint density at radius 3 is 2.71 bits per heavy atom. The first-order chi connectivity index (χ1) is 6.56. The first kappa shape index (κ1) is 11.0. The van der Waals surface area contributed by atoms with Gasteiger partial charge in [0.05, 0.1) is 16.8 Å². The zero-order chi connectivity index (χ0) is 10.7. The van der Waals surface area contributed by atoms with Crippen LogP contribution >= 0.6 is 11.6 Å². The highest BCUT2D eigenvalue weighted by Crippen LogP contribution is 2.20. The molecule has 1 aromatic carbocycles. The van der Waals surface area contributed by atoms with Gasteiger partial charge in [-0.3, -0.25) is 4.79 Å². The lowest BCUT2D eigenvalue weighted by atomic mass is 10.1. The molecule has 0 aliphatic rings. The van der Waals surface area contributed by atoms with Crippen molar-refractivity contribution in [1.82, 2.24) is 5.32 Å². The predicted molar refractivity (Wildman–Crippen MR) is 58.7 cm³/mol. The van der Waals surface area contributed by atoms with Gasteiger partial charge in [-0.15, -0.1) is 0 Å². The number of benzene rings is 1. The molecule has 3 N–H and O–H groups in total. The van der Waals surface area contributed by atoms with Crippen LogP contribution in [0.15, 0.2) is 18.2 Å². The van der Waals surface area contributed by atoms with Crippen molar-refractivity contribution in [3.05, 3.63) is 28.8 Å². The van der Waals surface area contributed by atoms with Gasteiger partial charge in [0.1, 0.15) is 0 Å². The minimum Gasteiger partial charge on any atom is -0.398 e. The van der Waals surface area contributed by atoms with Gasteiger partial charge in [-0.1, -0.05) is 11.6 Å². The molecule has 0 saturated carbocycles. The monoisotopic (exact) mass is 212 g/mol. The van der Waals surface area contributed by atoms with E-state index in [9.17, 15) is 4.79 Å². The van der Waals surface area contributed by atoms with E-state index in [0.29, 0.717) is 16.3 Å². The maximum atomic E-state index is 11.7. The molecule has 0 fully saturated rings. The summed E-state index contributed by atoms with van der Waals surface area (Å²) in [7, 11) is 1.74. The van der Waals surface area contributed by atoms with E-state index in [1.54, 1.807) is 32.2 Å². The van der Waals surface area contributed by atoms with Crippen molar-refractivity contribution in [3.63, 3.8) is 0 Å². The molecule has 1 rings (SSSR count). The number of anilines is 1. The number of nitrogens with two attached hydrogens (primary N) is 1. The Kier molecular flexibility index (Phi) is 3.49. The smallest absolute Gasteiger partial charge is 0.179 e. The van der Waals surface area contributed by atoms with Gasteiger partial charge in [0.2, 0.25) is 0 Å². The van der Waals surface area contributed by atoms with E-state index in [-0.39, 0.29) is 11.8 Å². The Morgan fingerprint density at radius 2 is 2.21 bits per heavy atom. The third-order valence-electron chi connectivity index (χ3n) is 2.11. The summed E-state index contributed by atoms with van der Waals surface area (Å²) >= 11 is 5.81. The standard InChI is InChI=1S/C10H13ClN2O/c1-6(13-2)10(14)7-3-4-9(12)8(11)5-7/h3-6,13H,12H2,1-2H3. The molecule has 0 aliphatic heterocycles. The van der Waals surface area contributed by atoms with Crippen molar-refractivity contribution in [2.24, 2.45) is 0 Å². The number of likely N-dealkylation sites (N-methyl/N-ethyl adjacent to an activating group) is 1. The van der Waals surface area contributed by atoms with E-state index in [1.807, 2.05) is 0 Å². The Morgan fingerprint density at radius 1 is 1.57 bits per heavy atom. The summed E-state index contributed by atoms with van der Waals surface area (Å²) in [5, 5.41) is 3.29. The Labute approximate surface area is 88.2 Å². The van der Waals surface area contributed by atoms with Crippen LogP contribution in [0.2, 0.25) is 5.02 Å². The molecule has 1 unspecified atom stereocenters. The molecule has 14 heavy (non-hydrogen) atoms. The van der Waals surface area contributed by atoms with Gasteiger partial charge < -0.3 is 11.1 Å².